The number of nitrogens with one attached hydrogen (secondary N) is 1. The van der Waals surface area contributed by atoms with Gasteiger partial charge in [0, 0.05) is 16.2 Å². The smallest absolute Gasteiger partial charge is 0.393 e. The van der Waals surface area contributed by atoms with Gasteiger partial charge in [-0.1, -0.05) is 28.8 Å². The molecule has 0 spiro atoms. The van der Waals surface area contributed by atoms with Gasteiger partial charge in [-0.25, -0.2) is 0 Å². The number of carbonyl (C=O) groups excluding carboxylic acids is 1. The van der Waals surface area contributed by atoms with Crippen molar-refractivity contribution in [2.75, 3.05) is 5.73 Å². The van der Waals surface area contributed by atoms with E-state index < -0.39 is 24.0 Å². The molecular weight excluding hydrogens is 349 g/mol. The molecule has 0 heterocycles. The Balaban J connectivity index is 2.15. The van der Waals surface area contributed by atoms with E-state index in [2.05, 4.69) is 21.2 Å². The minimum atomic E-state index is -4.29. The quantitative estimate of drug-likeness (QED) is 0.782. The summed E-state index contributed by atoms with van der Waals surface area (Å²) >= 11 is 3.22. The fraction of sp³-hybridized carbons (Fsp3) is 0.500. The van der Waals surface area contributed by atoms with Gasteiger partial charge in [-0.15, -0.1) is 0 Å². The number of nitrogens with two attached hydrogens (primary N) is 1. The minimum Gasteiger partial charge on any atom is -0.398 e. The zero-order valence-electron chi connectivity index (χ0n) is 11.2. The summed E-state index contributed by atoms with van der Waals surface area (Å²) in [6.07, 6.45) is -2.67. The summed E-state index contributed by atoms with van der Waals surface area (Å²) in [6.45, 7) is 0. The number of hydrogen-bond acceptors (Lipinski definition) is 2. The van der Waals surface area contributed by atoms with E-state index in [1.165, 1.54) is 6.07 Å². The molecule has 2 atom stereocenters. The molecule has 7 heteroatoms. The van der Waals surface area contributed by atoms with Crippen LogP contribution in [0.4, 0.5) is 18.9 Å². The van der Waals surface area contributed by atoms with E-state index in [0.717, 1.165) is 0 Å². The molecule has 0 radical (unpaired) electrons. The highest BCUT2D eigenvalue weighted by atomic mass is 79.9. The highest BCUT2D eigenvalue weighted by molar-refractivity contribution is 9.10. The molecule has 1 fully saturated rings. The first-order valence-electron chi connectivity index (χ1n) is 6.71. The molecule has 116 valence electrons. The first kappa shape index (κ1) is 16.1. The van der Waals surface area contributed by atoms with Gasteiger partial charge in [0.15, 0.2) is 0 Å². The molecule has 3 nitrogen and oxygen atoms in total. The minimum absolute atomic E-state index is 0.0579. The van der Waals surface area contributed by atoms with Gasteiger partial charge in [0.1, 0.15) is 0 Å². The average molecular weight is 365 g/mol. The summed E-state index contributed by atoms with van der Waals surface area (Å²) in [6, 6.07) is 3.84. The molecular formula is C14H16BrF3N2O. The normalized spacial score (nSPS) is 22.9. The van der Waals surface area contributed by atoms with Crippen LogP contribution in [0.2, 0.25) is 0 Å². The van der Waals surface area contributed by atoms with Gasteiger partial charge in [0.2, 0.25) is 0 Å². The van der Waals surface area contributed by atoms with Crippen molar-refractivity contribution < 1.29 is 18.0 Å². The topological polar surface area (TPSA) is 55.1 Å². The van der Waals surface area contributed by atoms with E-state index in [0.29, 0.717) is 23.7 Å². The van der Waals surface area contributed by atoms with Crippen molar-refractivity contribution in [1.29, 1.82) is 0 Å². The number of amides is 1. The third-order valence-corrected chi connectivity index (χ3v) is 4.26. The number of halogens is 4. The van der Waals surface area contributed by atoms with Gasteiger partial charge in [0.05, 0.1) is 11.5 Å². The Morgan fingerprint density at radius 2 is 1.95 bits per heavy atom. The second kappa shape index (κ2) is 6.25. The molecule has 0 saturated heterocycles. The third-order valence-electron chi connectivity index (χ3n) is 3.76. The van der Waals surface area contributed by atoms with Crippen molar-refractivity contribution in [3.8, 4) is 0 Å². The highest BCUT2D eigenvalue weighted by Crippen LogP contribution is 2.37. The molecule has 0 aliphatic heterocycles. The van der Waals surface area contributed by atoms with Gasteiger partial charge < -0.3 is 11.1 Å². The van der Waals surface area contributed by atoms with Crippen molar-refractivity contribution in [2.45, 2.75) is 37.9 Å². The first-order valence-corrected chi connectivity index (χ1v) is 7.51. The van der Waals surface area contributed by atoms with Gasteiger partial charge in [0.25, 0.3) is 5.91 Å². The molecule has 21 heavy (non-hydrogen) atoms. The maximum atomic E-state index is 13.0. The number of hydrogen-bond donors (Lipinski definition) is 2. The summed E-state index contributed by atoms with van der Waals surface area (Å²) in [4.78, 5) is 12.2. The lowest BCUT2D eigenvalue weighted by Gasteiger charge is -2.33. The van der Waals surface area contributed by atoms with Crippen molar-refractivity contribution >= 4 is 27.5 Å². The van der Waals surface area contributed by atoms with Crippen LogP contribution in [0.25, 0.3) is 0 Å². The summed E-state index contributed by atoms with van der Waals surface area (Å²) in [5.41, 5.74) is 6.15. The second-order valence-corrected chi connectivity index (χ2v) is 6.16. The fourth-order valence-corrected chi connectivity index (χ4v) is 3.03. The van der Waals surface area contributed by atoms with Gasteiger partial charge >= 0.3 is 6.18 Å². The molecule has 1 aliphatic rings. The zero-order valence-corrected chi connectivity index (χ0v) is 12.8. The SMILES string of the molecule is Nc1ccc(Br)cc1C(=O)NC1CCCCC1C(F)(F)F. The average Bonchev–Trinajstić information content (AvgIpc) is 2.41. The van der Waals surface area contributed by atoms with Gasteiger partial charge in [-0.05, 0) is 31.0 Å². The molecule has 1 aliphatic carbocycles. The zero-order chi connectivity index (χ0) is 15.6. The summed E-state index contributed by atoms with van der Waals surface area (Å²) in [5, 5.41) is 2.50. The largest absolute Gasteiger partial charge is 0.398 e. The maximum absolute atomic E-state index is 13.0. The number of anilines is 1. The number of carbonyl (C=O) groups is 1. The van der Waals surface area contributed by atoms with Crippen molar-refractivity contribution in [3.05, 3.63) is 28.2 Å². The second-order valence-electron chi connectivity index (χ2n) is 5.24. The Labute approximate surface area is 129 Å². The lowest BCUT2D eigenvalue weighted by Crippen LogP contribution is -2.47. The highest BCUT2D eigenvalue weighted by Gasteiger charge is 2.46. The van der Waals surface area contributed by atoms with Crippen molar-refractivity contribution in [3.63, 3.8) is 0 Å². The van der Waals surface area contributed by atoms with Crippen LogP contribution in [-0.2, 0) is 0 Å². The van der Waals surface area contributed by atoms with Crippen LogP contribution < -0.4 is 11.1 Å². The van der Waals surface area contributed by atoms with Crippen LogP contribution in [0.5, 0.6) is 0 Å². The summed E-state index contributed by atoms with van der Waals surface area (Å²) in [5.74, 6) is -2.04. The maximum Gasteiger partial charge on any atom is 0.393 e. The summed E-state index contributed by atoms with van der Waals surface area (Å²) < 4.78 is 39.7. The van der Waals surface area contributed by atoms with Crippen LogP contribution in [0.3, 0.4) is 0 Å². The molecule has 0 bridgehead atoms. The monoisotopic (exact) mass is 364 g/mol. The Morgan fingerprint density at radius 1 is 1.29 bits per heavy atom. The van der Waals surface area contributed by atoms with E-state index in [1.807, 2.05) is 0 Å². The molecule has 1 amide bonds. The lowest BCUT2D eigenvalue weighted by molar-refractivity contribution is -0.187. The molecule has 0 aromatic heterocycles. The number of rotatable bonds is 2. The van der Waals surface area contributed by atoms with Crippen LogP contribution in [0.1, 0.15) is 36.0 Å². The standard InChI is InChI=1S/C14H16BrF3N2O/c15-8-5-6-11(19)9(7-8)13(21)20-12-4-2-1-3-10(12)14(16,17)18/h5-7,10,12H,1-4,19H2,(H,20,21). The van der Waals surface area contributed by atoms with E-state index in [-0.39, 0.29) is 17.7 Å². The van der Waals surface area contributed by atoms with Gasteiger partial charge in [-0.3, -0.25) is 4.79 Å². The van der Waals surface area contributed by atoms with Crippen LogP contribution in [0.15, 0.2) is 22.7 Å². The molecule has 2 unspecified atom stereocenters. The number of nitrogen functional groups attached to an aromatic ring is 1. The van der Waals surface area contributed by atoms with E-state index >= 15 is 0 Å². The Hall–Kier alpha value is -1.24. The Bertz CT molecular complexity index is 533. The van der Waals surface area contributed by atoms with E-state index in [1.54, 1.807) is 12.1 Å². The number of benzene rings is 1. The molecule has 1 aromatic rings. The molecule has 1 saturated carbocycles. The predicted molar refractivity (Wildman–Crippen MR) is 77.8 cm³/mol. The first-order chi connectivity index (χ1) is 9.79. The van der Waals surface area contributed by atoms with Crippen molar-refractivity contribution in [2.24, 2.45) is 5.92 Å². The molecule has 2 rings (SSSR count). The van der Waals surface area contributed by atoms with E-state index in [9.17, 15) is 18.0 Å². The molecule has 1 aromatic carbocycles. The van der Waals surface area contributed by atoms with Crippen molar-refractivity contribution in [1.82, 2.24) is 5.32 Å². The van der Waals surface area contributed by atoms with Gasteiger partial charge in [-0.2, -0.15) is 13.2 Å². The van der Waals surface area contributed by atoms with E-state index in [4.69, 9.17) is 5.73 Å². The van der Waals surface area contributed by atoms with Crippen LogP contribution >= 0.6 is 15.9 Å². The van der Waals surface area contributed by atoms with Crippen LogP contribution in [0, 0.1) is 5.92 Å². The number of alkyl halides is 3. The molecule has 3 N–H and O–H groups in total. The lowest BCUT2D eigenvalue weighted by atomic mass is 9.84. The predicted octanol–water partition coefficient (Wildman–Crippen LogP) is 3.88. The Kier molecular flexibility index (Phi) is 4.81. The fourth-order valence-electron chi connectivity index (χ4n) is 2.67. The Morgan fingerprint density at radius 3 is 2.62 bits per heavy atom. The third kappa shape index (κ3) is 3.90. The summed E-state index contributed by atoms with van der Waals surface area (Å²) in [7, 11) is 0. The van der Waals surface area contributed by atoms with Crippen LogP contribution in [-0.4, -0.2) is 18.1 Å².